The predicted octanol–water partition coefficient (Wildman–Crippen LogP) is 3.71. The molecule has 4 rings (SSSR count). The average molecular weight is 427 g/mol. The first-order chi connectivity index (χ1) is 14.4. The fourth-order valence-electron chi connectivity index (χ4n) is 4.23. The van der Waals surface area contributed by atoms with E-state index in [0.29, 0.717) is 27.8 Å². The van der Waals surface area contributed by atoms with E-state index in [9.17, 15) is 14.4 Å². The van der Waals surface area contributed by atoms with E-state index in [1.165, 1.54) is 22.7 Å². The Hall–Kier alpha value is -2.67. The van der Waals surface area contributed by atoms with Gasteiger partial charge in [0.2, 0.25) is 11.7 Å². The summed E-state index contributed by atoms with van der Waals surface area (Å²) in [5, 5.41) is 4.96. The quantitative estimate of drug-likeness (QED) is 0.740. The lowest BCUT2D eigenvalue weighted by atomic mass is 9.86. The highest BCUT2D eigenvalue weighted by molar-refractivity contribution is 7.12. The molecule has 0 spiro atoms. The van der Waals surface area contributed by atoms with Crippen molar-refractivity contribution in [2.24, 2.45) is 5.92 Å². The normalized spacial score (nSPS) is 21.0. The van der Waals surface area contributed by atoms with Crippen LogP contribution in [-0.2, 0) is 9.59 Å². The van der Waals surface area contributed by atoms with Crippen molar-refractivity contribution in [2.75, 3.05) is 18.1 Å². The molecule has 2 amide bonds. The second-order valence-corrected chi connectivity index (χ2v) is 9.09. The molecule has 0 bridgehead atoms. The summed E-state index contributed by atoms with van der Waals surface area (Å²) >= 11 is 1.38. The highest BCUT2D eigenvalue weighted by Gasteiger charge is 2.31. The molecule has 1 aromatic heterocycles. The van der Waals surface area contributed by atoms with E-state index in [0.717, 1.165) is 24.8 Å². The fourth-order valence-corrected chi connectivity index (χ4v) is 4.91. The molecule has 2 atom stereocenters. The number of hydrogen-bond acceptors (Lipinski definition) is 5. The minimum absolute atomic E-state index is 0.0753. The van der Waals surface area contributed by atoms with Crippen LogP contribution in [0.2, 0.25) is 0 Å². The van der Waals surface area contributed by atoms with Crippen molar-refractivity contribution in [3.63, 3.8) is 0 Å². The summed E-state index contributed by atoms with van der Waals surface area (Å²) in [4.78, 5) is 40.3. The minimum atomic E-state index is -0.285. The number of anilines is 1. The van der Waals surface area contributed by atoms with E-state index in [1.54, 1.807) is 18.2 Å². The maximum atomic E-state index is 12.9. The van der Waals surface area contributed by atoms with Gasteiger partial charge in [-0.3, -0.25) is 19.3 Å². The summed E-state index contributed by atoms with van der Waals surface area (Å²) in [6.07, 6.45) is 4.39. The lowest BCUT2D eigenvalue weighted by molar-refractivity contribution is -0.126. The smallest absolute Gasteiger partial charge is 0.265 e. The van der Waals surface area contributed by atoms with Gasteiger partial charge in [0.15, 0.2) is 6.61 Å². The Bertz CT molecular complexity index is 970. The Morgan fingerprint density at radius 2 is 2.07 bits per heavy atom. The maximum Gasteiger partial charge on any atom is 0.265 e. The predicted molar refractivity (Wildman–Crippen MR) is 116 cm³/mol. The second-order valence-electron chi connectivity index (χ2n) is 8.15. The Morgan fingerprint density at radius 3 is 2.80 bits per heavy atom. The van der Waals surface area contributed by atoms with Gasteiger partial charge < -0.3 is 10.1 Å². The van der Waals surface area contributed by atoms with Crippen molar-refractivity contribution in [2.45, 2.75) is 45.6 Å². The van der Waals surface area contributed by atoms with Gasteiger partial charge in [-0.1, -0.05) is 25.8 Å². The third kappa shape index (κ3) is 4.12. The maximum absolute atomic E-state index is 12.9. The largest absolute Gasteiger partial charge is 0.482 e. The molecule has 0 unspecified atom stereocenters. The molecule has 30 heavy (non-hydrogen) atoms. The lowest BCUT2D eigenvalue weighted by Crippen LogP contribution is -2.49. The molecule has 2 aliphatic rings. The Labute approximate surface area is 180 Å². The average Bonchev–Trinajstić information content (AvgIpc) is 3.26. The third-order valence-electron chi connectivity index (χ3n) is 6.00. The SMILES string of the molecule is Cc1cc2c(cc1C(=O)c1cccs1)N(CC(=O)N[C@H]1CCCC[C@@H]1C)C(=O)CO2. The summed E-state index contributed by atoms with van der Waals surface area (Å²) < 4.78 is 5.59. The van der Waals surface area contributed by atoms with Crippen LogP contribution in [0.4, 0.5) is 5.69 Å². The highest BCUT2D eigenvalue weighted by atomic mass is 32.1. The Balaban J connectivity index is 1.58. The summed E-state index contributed by atoms with van der Waals surface area (Å²) in [5.41, 5.74) is 1.77. The molecule has 1 aromatic carbocycles. The van der Waals surface area contributed by atoms with Crippen molar-refractivity contribution < 1.29 is 19.1 Å². The second kappa shape index (κ2) is 8.60. The van der Waals surface area contributed by atoms with Crippen LogP contribution in [0.5, 0.6) is 5.75 Å². The Morgan fingerprint density at radius 1 is 1.27 bits per heavy atom. The van der Waals surface area contributed by atoms with E-state index in [-0.39, 0.29) is 36.8 Å². The number of aryl methyl sites for hydroxylation is 1. The number of ether oxygens (including phenoxy) is 1. The fraction of sp³-hybridized carbons (Fsp3) is 0.435. The van der Waals surface area contributed by atoms with E-state index < -0.39 is 0 Å². The molecule has 1 aliphatic heterocycles. The molecule has 2 heterocycles. The van der Waals surface area contributed by atoms with Crippen LogP contribution in [0.25, 0.3) is 0 Å². The van der Waals surface area contributed by atoms with Crippen LogP contribution in [0.15, 0.2) is 29.6 Å². The molecule has 158 valence electrons. The highest BCUT2D eigenvalue weighted by Crippen LogP contribution is 2.36. The topological polar surface area (TPSA) is 75.7 Å². The van der Waals surface area contributed by atoms with Gasteiger partial charge in [0.1, 0.15) is 12.3 Å². The van der Waals surface area contributed by atoms with Gasteiger partial charge in [-0.2, -0.15) is 0 Å². The number of amides is 2. The molecule has 2 aromatic rings. The number of nitrogens with one attached hydrogen (secondary N) is 1. The van der Waals surface area contributed by atoms with E-state index in [4.69, 9.17) is 4.74 Å². The number of thiophene rings is 1. The standard InChI is InChI=1S/C23H26N2O4S/c1-14-6-3-4-7-17(14)24-21(26)12-25-18-11-16(23(28)20-8-5-9-30-20)15(2)10-19(18)29-13-22(25)27/h5,8-11,14,17H,3-4,6-7,12-13H2,1-2H3,(H,24,26)/t14-,17-/m0/s1. The Kier molecular flexibility index (Phi) is 5.90. The lowest BCUT2D eigenvalue weighted by Gasteiger charge is -2.32. The van der Waals surface area contributed by atoms with E-state index in [2.05, 4.69) is 12.2 Å². The molecule has 1 saturated carbocycles. The first kappa shape index (κ1) is 20.6. The van der Waals surface area contributed by atoms with Crippen LogP contribution in [-0.4, -0.2) is 36.8 Å². The monoisotopic (exact) mass is 426 g/mol. The van der Waals surface area contributed by atoms with E-state index in [1.807, 2.05) is 18.4 Å². The van der Waals surface area contributed by atoms with Crippen LogP contribution in [0.3, 0.4) is 0 Å². The molecule has 1 N–H and O–H groups in total. The number of fused-ring (bicyclic) bond motifs is 1. The summed E-state index contributed by atoms with van der Waals surface area (Å²) in [6, 6.07) is 7.22. The zero-order chi connectivity index (χ0) is 21.3. The van der Waals surface area contributed by atoms with Gasteiger partial charge in [-0.05, 0) is 54.8 Å². The van der Waals surface area contributed by atoms with Gasteiger partial charge in [-0.25, -0.2) is 0 Å². The van der Waals surface area contributed by atoms with Crippen LogP contribution < -0.4 is 15.0 Å². The van der Waals surface area contributed by atoms with Crippen LogP contribution in [0, 0.1) is 12.8 Å². The van der Waals surface area contributed by atoms with Crippen molar-refractivity contribution in [3.05, 3.63) is 45.6 Å². The summed E-state index contributed by atoms with van der Waals surface area (Å²) in [7, 11) is 0. The van der Waals surface area contributed by atoms with Crippen molar-refractivity contribution >= 4 is 34.6 Å². The van der Waals surface area contributed by atoms with Gasteiger partial charge in [0.25, 0.3) is 5.91 Å². The zero-order valence-corrected chi connectivity index (χ0v) is 18.1. The van der Waals surface area contributed by atoms with Gasteiger partial charge in [-0.15, -0.1) is 11.3 Å². The van der Waals surface area contributed by atoms with Gasteiger partial charge >= 0.3 is 0 Å². The number of carbonyl (C=O) groups is 3. The summed E-state index contributed by atoms with van der Waals surface area (Å²) in [6.45, 7) is 3.82. The number of carbonyl (C=O) groups excluding carboxylic acids is 3. The number of rotatable bonds is 5. The van der Waals surface area contributed by atoms with Gasteiger partial charge in [0.05, 0.1) is 10.6 Å². The number of ketones is 1. The van der Waals surface area contributed by atoms with Crippen LogP contribution >= 0.6 is 11.3 Å². The van der Waals surface area contributed by atoms with Crippen molar-refractivity contribution in [1.82, 2.24) is 5.32 Å². The first-order valence-electron chi connectivity index (χ1n) is 10.4. The molecular weight excluding hydrogens is 400 g/mol. The molecule has 0 radical (unpaired) electrons. The zero-order valence-electron chi connectivity index (χ0n) is 17.3. The van der Waals surface area contributed by atoms with Crippen LogP contribution in [0.1, 0.15) is 53.4 Å². The molecule has 0 saturated heterocycles. The molecule has 7 heteroatoms. The number of benzene rings is 1. The minimum Gasteiger partial charge on any atom is -0.482 e. The molecule has 1 fully saturated rings. The molecule has 1 aliphatic carbocycles. The first-order valence-corrected chi connectivity index (χ1v) is 11.3. The number of nitrogens with zero attached hydrogens (tertiary/aromatic N) is 1. The van der Waals surface area contributed by atoms with Crippen molar-refractivity contribution in [1.29, 1.82) is 0 Å². The number of hydrogen-bond donors (Lipinski definition) is 1. The van der Waals surface area contributed by atoms with Crippen molar-refractivity contribution in [3.8, 4) is 5.75 Å². The summed E-state index contributed by atoms with van der Waals surface area (Å²) in [5.74, 6) is 0.403. The third-order valence-corrected chi connectivity index (χ3v) is 6.87. The van der Waals surface area contributed by atoms with Gasteiger partial charge in [0, 0.05) is 11.6 Å². The molecular formula is C23H26N2O4S. The van der Waals surface area contributed by atoms with E-state index >= 15 is 0 Å². The molecule has 6 nitrogen and oxygen atoms in total.